The fourth-order valence-electron chi connectivity index (χ4n) is 2.01. The molecule has 0 N–H and O–H groups in total. The Balaban J connectivity index is 1.89. The summed E-state index contributed by atoms with van der Waals surface area (Å²) in [7, 11) is 0. The second kappa shape index (κ2) is 8.46. The summed E-state index contributed by atoms with van der Waals surface area (Å²) in [6.07, 6.45) is -3.18. The molecule has 1 aromatic heterocycles. The lowest BCUT2D eigenvalue weighted by Gasteiger charge is -2.09. The van der Waals surface area contributed by atoms with E-state index < -0.39 is 23.5 Å². The highest BCUT2D eigenvalue weighted by molar-refractivity contribution is 6.34. The molecule has 0 amide bonds. The lowest BCUT2D eigenvalue weighted by molar-refractivity contribution is -0.153. The zero-order valence-corrected chi connectivity index (χ0v) is 13.9. The molecular formula is C18H16F3NO4. The Hall–Kier alpha value is -2.90. The van der Waals surface area contributed by atoms with Gasteiger partial charge in [0.05, 0.1) is 24.8 Å². The standard InChI is InChI=1S/C18H16F3NO4/c1-2-25-17(24)16(23)9-14-7-8-15(10-22-14)26-11-12-3-5-13(6-4-12)18(19,20)21/h3-8,10H,2,9,11H2,1H3. The molecule has 0 spiro atoms. The Morgan fingerprint density at radius 2 is 1.77 bits per heavy atom. The minimum Gasteiger partial charge on any atom is -0.487 e. The van der Waals surface area contributed by atoms with Crippen LogP contribution in [-0.2, 0) is 33.5 Å². The van der Waals surface area contributed by atoms with E-state index in [2.05, 4.69) is 9.72 Å². The second-order valence-electron chi connectivity index (χ2n) is 5.29. The van der Waals surface area contributed by atoms with Gasteiger partial charge in [-0.25, -0.2) is 4.79 Å². The minimum atomic E-state index is -4.37. The van der Waals surface area contributed by atoms with Crippen LogP contribution in [-0.4, -0.2) is 23.3 Å². The van der Waals surface area contributed by atoms with Crippen LogP contribution >= 0.6 is 0 Å². The van der Waals surface area contributed by atoms with Crippen molar-refractivity contribution in [1.29, 1.82) is 0 Å². The second-order valence-corrected chi connectivity index (χ2v) is 5.29. The number of alkyl halides is 3. The van der Waals surface area contributed by atoms with Gasteiger partial charge in [-0.2, -0.15) is 13.2 Å². The average molecular weight is 367 g/mol. The SMILES string of the molecule is CCOC(=O)C(=O)Cc1ccc(OCc2ccc(C(F)(F)F)cc2)cn1. The molecule has 2 rings (SSSR count). The van der Waals surface area contributed by atoms with E-state index in [0.717, 1.165) is 12.1 Å². The number of nitrogens with zero attached hydrogens (tertiary/aromatic N) is 1. The number of halogens is 3. The molecule has 26 heavy (non-hydrogen) atoms. The van der Waals surface area contributed by atoms with Gasteiger partial charge < -0.3 is 9.47 Å². The van der Waals surface area contributed by atoms with Crippen molar-refractivity contribution in [3.63, 3.8) is 0 Å². The molecule has 1 aromatic carbocycles. The summed E-state index contributed by atoms with van der Waals surface area (Å²) in [6.45, 7) is 1.79. The van der Waals surface area contributed by atoms with Gasteiger partial charge in [-0.3, -0.25) is 9.78 Å². The quantitative estimate of drug-likeness (QED) is 0.555. The number of ether oxygens (including phenoxy) is 2. The van der Waals surface area contributed by atoms with E-state index in [0.29, 0.717) is 17.0 Å². The van der Waals surface area contributed by atoms with E-state index in [9.17, 15) is 22.8 Å². The van der Waals surface area contributed by atoms with Crippen molar-refractivity contribution in [1.82, 2.24) is 4.98 Å². The molecule has 0 saturated heterocycles. The predicted molar refractivity (Wildman–Crippen MR) is 85.4 cm³/mol. The fourth-order valence-corrected chi connectivity index (χ4v) is 2.01. The molecule has 138 valence electrons. The monoisotopic (exact) mass is 367 g/mol. The molecule has 0 saturated carbocycles. The molecule has 0 unspecified atom stereocenters. The van der Waals surface area contributed by atoms with Crippen LogP contribution in [0, 0.1) is 0 Å². The Morgan fingerprint density at radius 3 is 2.31 bits per heavy atom. The topological polar surface area (TPSA) is 65.5 Å². The maximum atomic E-state index is 12.5. The highest BCUT2D eigenvalue weighted by Gasteiger charge is 2.29. The first-order chi connectivity index (χ1) is 12.3. The molecule has 5 nitrogen and oxygen atoms in total. The fraction of sp³-hybridized carbons (Fsp3) is 0.278. The van der Waals surface area contributed by atoms with Crippen LogP contribution in [0.25, 0.3) is 0 Å². The molecule has 0 bridgehead atoms. The van der Waals surface area contributed by atoms with Crippen molar-refractivity contribution in [2.24, 2.45) is 0 Å². The molecule has 1 heterocycles. The number of ketones is 1. The smallest absolute Gasteiger partial charge is 0.416 e. The summed E-state index contributed by atoms with van der Waals surface area (Å²) in [5.74, 6) is -1.22. The summed E-state index contributed by atoms with van der Waals surface area (Å²) in [5.41, 5.74) is 0.225. The Morgan fingerprint density at radius 1 is 1.08 bits per heavy atom. The Bertz CT molecular complexity index is 756. The van der Waals surface area contributed by atoms with Gasteiger partial charge in [0.2, 0.25) is 5.78 Å². The maximum absolute atomic E-state index is 12.5. The first-order valence-electron chi connectivity index (χ1n) is 7.73. The van der Waals surface area contributed by atoms with Gasteiger partial charge in [-0.05, 0) is 36.8 Å². The van der Waals surface area contributed by atoms with E-state index in [1.54, 1.807) is 13.0 Å². The number of aromatic nitrogens is 1. The van der Waals surface area contributed by atoms with Crippen LogP contribution in [0.1, 0.15) is 23.7 Å². The van der Waals surface area contributed by atoms with Crippen molar-refractivity contribution >= 4 is 11.8 Å². The molecule has 0 aliphatic heterocycles. The Kier molecular flexibility index (Phi) is 6.32. The van der Waals surface area contributed by atoms with E-state index in [4.69, 9.17) is 4.74 Å². The number of Topliss-reactive ketones (excluding diaryl/α,β-unsaturated/α-hetero) is 1. The van der Waals surface area contributed by atoms with Crippen LogP contribution in [0.5, 0.6) is 5.75 Å². The molecule has 0 fully saturated rings. The summed E-state index contributed by atoms with van der Waals surface area (Å²) < 4.78 is 47.5. The zero-order valence-electron chi connectivity index (χ0n) is 13.9. The van der Waals surface area contributed by atoms with Gasteiger partial charge >= 0.3 is 12.1 Å². The Labute approximate surface area is 147 Å². The van der Waals surface area contributed by atoms with Crippen LogP contribution in [0.4, 0.5) is 13.2 Å². The highest BCUT2D eigenvalue weighted by Crippen LogP contribution is 2.29. The van der Waals surface area contributed by atoms with Crippen molar-refractivity contribution < 1.29 is 32.2 Å². The van der Waals surface area contributed by atoms with E-state index in [1.807, 2.05) is 0 Å². The summed E-state index contributed by atoms with van der Waals surface area (Å²) >= 11 is 0. The van der Waals surface area contributed by atoms with Crippen molar-refractivity contribution in [3.05, 3.63) is 59.4 Å². The molecule has 8 heteroatoms. The molecule has 0 aliphatic rings. The largest absolute Gasteiger partial charge is 0.487 e. The van der Waals surface area contributed by atoms with Gasteiger partial charge in [0.1, 0.15) is 12.4 Å². The number of pyridine rings is 1. The van der Waals surface area contributed by atoms with Crippen molar-refractivity contribution in [3.8, 4) is 5.75 Å². The number of hydrogen-bond donors (Lipinski definition) is 0. The molecular weight excluding hydrogens is 351 g/mol. The normalized spacial score (nSPS) is 11.1. The lowest BCUT2D eigenvalue weighted by atomic mass is 10.1. The summed E-state index contributed by atoms with van der Waals surface area (Å²) in [5, 5.41) is 0. The number of benzene rings is 1. The van der Waals surface area contributed by atoms with Crippen LogP contribution in [0.15, 0.2) is 42.6 Å². The first-order valence-corrected chi connectivity index (χ1v) is 7.73. The predicted octanol–water partition coefficient (Wildman–Crippen LogP) is 3.35. The molecule has 2 aromatic rings. The van der Waals surface area contributed by atoms with E-state index in [-0.39, 0.29) is 19.6 Å². The number of rotatable bonds is 7. The zero-order chi connectivity index (χ0) is 19.2. The third-order valence-electron chi connectivity index (χ3n) is 3.33. The number of esters is 1. The average Bonchev–Trinajstić information content (AvgIpc) is 2.61. The van der Waals surface area contributed by atoms with Gasteiger partial charge in [-0.15, -0.1) is 0 Å². The number of carbonyl (C=O) groups excluding carboxylic acids is 2. The van der Waals surface area contributed by atoms with Gasteiger partial charge in [-0.1, -0.05) is 12.1 Å². The van der Waals surface area contributed by atoms with Crippen LogP contribution in [0.3, 0.4) is 0 Å². The summed E-state index contributed by atoms with van der Waals surface area (Å²) in [6, 6.07) is 7.73. The van der Waals surface area contributed by atoms with Gasteiger partial charge in [0.25, 0.3) is 0 Å². The molecule has 0 radical (unpaired) electrons. The third kappa shape index (κ3) is 5.58. The lowest BCUT2D eigenvalue weighted by Crippen LogP contribution is -2.19. The van der Waals surface area contributed by atoms with Crippen LogP contribution in [0.2, 0.25) is 0 Å². The molecule has 0 aliphatic carbocycles. The van der Waals surface area contributed by atoms with Crippen molar-refractivity contribution in [2.45, 2.75) is 26.1 Å². The van der Waals surface area contributed by atoms with Crippen molar-refractivity contribution in [2.75, 3.05) is 6.61 Å². The van der Waals surface area contributed by atoms with Crippen LogP contribution < -0.4 is 4.74 Å². The van der Waals surface area contributed by atoms with E-state index in [1.165, 1.54) is 24.4 Å². The van der Waals surface area contributed by atoms with Gasteiger partial charge in [0, 0.05) is 5.69 Å². The minimum absolute atomic E-state index is 0.0704. The molecule has 0 atom stereocenters. The highest BCUT2D eigenvalue weighted by atomic mass is 19.4. The third-order valence-corrected chi connectivity index (χ3v) is 3.33. The maximum Gasteiger partial charge on any atom is 0.416 e. The first kappa shape index (κ1) is 19.4. The van der Waals surface area contributed by atoms with Gasteiger partial charge in [0.15, 0.2) is 0 Å². The van der Waals surface area contributed by atoms with E-state index >= 15 is 0 Å². The number of hydrogen-bond acceptors (Lipinski definition) is 5. The summed E-state index contributed by atoms with van der Waals surface area (Å²) in [4.78, 5) is 26.9. The number of carbonyl (C=O) groups is 2.